The SMILES string of the molecule is C[C@@H](OC(=O)c1ccc2c(c1)NC(=O)[C@@H]1CCCN21)C(=O)NC1CC1. The minimum Gasteiger partial charge on any atom is -0.449 e. The molecule has 132 valence electrons. The molecule has 0 radical (unpaired) electrons. The number of esters is 1. The van der Waals surface area contributed by atoms with E-state index in [-0.39, 0.29) is 23.9 Å². The summed E-state index contributed by atoms with van der Waals surface area (Å²) >= 11 is 0. The molecule has 0 unspecified atom stereocenters. The Hall–Kier alpha value is -2.57. The fraction of sp³-hybridized carbons (Fsp3) is 0.500. The molecule has 4 rings (SSSR count). The molecular formula is C18H21N3O4. The lowest BCUT2D eigenvalue weighted by molar-refractivity contribution is -0.129. The largest absolute Gasteiger partial charge is 0.449 e. The van der Waals surface area contributed by atoms with E-state index in [1.54, 1.807) is 19.1 Å². The Labute approximate surface area is 145 Å². The molecule has 1 aliphatic carbocycles. The van der Waals surface area contributed by atoms with Crippen molar-refractivity contribution in [2.24, 2.45) is 0 Å². The van der Waals surface area contributed by atoms with Gasteiger partial charge in [-0.15, -0.1) is 0 Å². The van der Waals surface area contributed by atoms with E-state index in [1.807, 2.05) is 6.07 Å². The summed E-state index contributed by atoms with van der Waals surface area (Å²) in [7, 11) is 0. The second-order valence-electron chi connectivity index (χ2n) is 6.90. The number of nitrogens with one attached hydrogen (secondary N) is 2. The van der Waals surface area contributed by atoms with Crippen molar-refractivity contribution in [2.75, 3.05) is 16.8 Å². The summed E-state index contributed by atoms with van der Waals surface area (Å²) in [6.45, 7) is 2.40. The van der Waals surface area contributed by atoms with Crippen LogP contribution in [0.2, 0.25) is 0 Å². The van der Waals surface area contributed by atoms with Gasteiger partial charge in [0.05, 0.1) is 16.9 Å². The summed E-state index contributed by atoms with van der Waals surface area (Å²) in [5.41, 5.74) is 1.87. The van der Waals surface area contributed by atoms with Crippen molar-refractivity contribution >= 4 is 29.2 Å². The lowest BCUT2D eigenvalue weighted by Crippen LogP contribution is -2.44. The fourth-order valence-electron chi connectivity index (χ4n) is 3.39. The summed E-state index contributed by atoms with van der Waals surface area (Å²) in [4.78, 5) is 38.5. The summed E-state index contributed by atoms with van der Waals surface area (Å²) in [6.07, 6.45) is 2.95. The molecule has 25 heavy (non-hydrogen) atoms. The standard InChI is InChI=1S/C18H21N3O4/c1-10(16(22)19-12-5-6-12)25-18(24)11-4-7-14-13(9-11)20-17(23)15-3-2-8-21(14)15/h4,7,9-10,12,15H,2-3,5-6,8H2,1H3,(H,19,22)(H,20,23)/t10-,15+/m1/s1. The summed E-state index contributed by atoms with van der Waals surface area (Å²) in [5.74, 6) is -0.881. The van der Waals surface area contributed by atoms with Gasteiger partial charge in [0, 0.05) is 12.6 Å². The van der Waals surface area contributed by atoms with Crippen molar-refractivity contribution in [1.29, 1.82) is 0 Å². The molecule has 7 nitrogen and oxygen atoms in total. The first kappa shape index (κ1) is 15.9. The zero-order chi connectivity index (χ0) is 17.6. The predicted molar refractivity (Wildman–Crippen MR) is 91.5 cm³/mol. The Morgan fingerprint density at radius 3 is 2.88 bits per heavy atom. The highest BCUT2D eigenvalue weighted by atomic mass is 16.5. The van der Waals surface area contributed by atoms with Gasteiger partial charge in [0.25, 0.3) is 5.91 Å². The molecule has 1 aromatic carbocycles. The zero-order valence-corrected chi connectivity index (χ0v) is 14.1. The first-order valence-electron chi connectivity index (χ1n) is 8.76. The van der Waals surface area contributed by atoms with Crippen LogP contribution in [0.5, 0.6) is 0 Å². The van der Waals surface area contributed by atoms with Crippen LogP contribution in [0, 0.1) is 0 Å². The van der Waals surface area contributed by atoms with Gasteiger partial charge in [-0.25, -0.2) is 4.79 Å². The van der Waals surface area contributed by atoms with Crippen LogP contribution < -0.4 is 15.5 Å². The van der Waals surface area contributed by atoms with Crippen LogP contribution in [0.15, 0.2) is 18.2 Å². The van der Waals surface area contributed by atoms with E-state index < -0.39 is 12.1 Å². The van der Waals surface area contributed by atoms with Crippen molar-refractivity contribution in [3.63, 3.8) is 0 Å². The molecule has 2 amide bonds. The first-order valence-corrected chi connectivity index (χ1v) is 8.76. The van der Waals surface area contributed by atoms with Gasteiger partial charge in [0.1, 0.15) is 6.04 Å². The highest BCUT2D eigenvalue weighted by Crippen LogP contribution is 2.37. The van der Waals surface area contributed by atoms with E-state index in [4.69, 9.17) is 4.74 Å². The number of nitrogens with zero attached hydrogens (tertiary/aromatic N) is 1. The molecule has 1 saturated heterocycles. The predicted octanol–water partition coefficient (Wildman–Crippen LogP) is 1.43. The molecule has 0 bridgehead atoms. The highest BCUT2D eigenvalue weighted by molar-refractivity contribution is 6.05. The minimum atomic E-state index is -0.846. The quantitative estimate of drug-likeness (QED) is 0.808. The fourth-order valence-corrected chi connectivity index (χ4v) is 3.39. The van der Waals surface area contributed by atoms with Crippen LogP contribution in [0.1, 0.15) is 43.0 Å². The normalized spacial score (nSPS) is 22.5. The van der Waals surface area contributed by atoms with Gasteiger partial charge in [0.2, 0.25) is 5.91 Å². The van der Waals surface area contributed by atoms with Gasteiger partial charge in [-0.05, 0) is 50.8 Å². The Bertz CT molecular complexity index is 744. The number of benzene rings is 1. The first-order chi connectivity index (χ1) is 12.0. The van der Waals surface area contributed by atoms with Gasteiger partial charge >= 0.3 is 5.97 Å². The van der Waals surface area contributed by atoms with Crippen molar-refractivity contribution < 1.29 is 19.1 Å². The molecule has 0 spiro atoms. The van der Waals surface area contributed by atoms with Crippen LogP contribution in [0.25, 0.3) is 0 Å². The maximum Gasteiger partial charge on any atom is 0.338 e. The molecular weight excluding hydrogens is 322 g/mol. The van der Waals surface area contributed by atoms with Crippen LogP contribution in [-0.4, -0.2) is 42.5 Å². The number of anilines is 2. The minimum absolute atomic E-state index is 0.0345. The third-order valence-corrected chi connectivity index (χ3v) is 4.93. The van der Waals surface area contributed by atoms with E-state index in [9.17, 15) is 14.4 Å². The highest BCUT2D eigenvalue weighted by Gasteiger charge is 2.36. The van der Waals surface area contributed by atoms with E-state index in [0.29, 0.717) is 11.3 Å². The zero-order valence-electron chi connectivity index (χ0n) is 14.1. The number of ether oxygens (including phenoxy) is 1. The maximum absolute atomic E-state index is 12.3. The third-order valence-electron chi connectivity index (χ3n) is 4.93. The maximum atomic E-state index is 12.3. The Morgan fingerprint density at radius 2 is 2.12 bits per heavy atom. The molecule has 7 heteroatoms. The van der Waals surface area contributed by atoms with E-state index in [2.05, 4.69) is 15.5 Å². The van der Waals surface area contributed by atoms with Crippen LogP contribution in [0.3, 0.4) is 0 Å². The molecule has 2 aliphatic heterocycles. The van der Waals surface area contributed by atoms with Crippen LogP contribution in [-0.2, 0) is 14.3 Å². The molecule has 2 N–H and O–H groups in total. The van der Waals surface area contributed by atoms with Gasteiger partial charge < -0.3 is 20.3 Å². The monoisotopic (exact) mass is 343 g/mol. The van der Waals surface area contributed by atoms with Crippen LogP contribution >= 0.6 is 0 Å². The Kier molecular flexibility index (Phi) is 3.86. The average molecular weight is 343 g/mol. The Morgan fingerprint density at radius 1 is 1.32 bits per heavy atom. The molecule has 1 saturated carbocycles. The van der Waals surface area contributed by atoms with Crippen molar-refractivity contribution in [2.45, 2.75) is 50.8 Å². The molecule has 0 aromatic heterocycles. The summed E-state index contributed by atoms with van der Waals surface area (Å²) in [5, 5.41) is 5.68. The average Bonchev–Trinajstić information content (AvgIpc) is 3.25. The van der Waals surface area contributed by atoms with Gasteiger partial charge in [-0.2, -0.15) is 0 Å². The van der Waals surface area contributed by atoms with Crippen molar-refractivity contribution in [1.82, 2.24) is 5.32 Å². The summed E-state index contributed by atoms with van der Waals surface area (Å²) in [6, 6.07) is 5.24. The van der Waals surface area contributed by atoms with Gasteiger partial charge in [-0.1, -0.05) is 0 Å². The topological polar surface area (TPSA) is 87.7 Å². The van der Waals surface area contributed by atoms with E-state index in [0.717, 1.165) is 37.9 Å². The molecule has 1 aromatic rings. The smallest absolute Gasteiger partial charge is 0.338 e. The molecule has 3 aliphatic rings. The van der Waals surface area contributed by atoms with Crippen molar-refractivity contribution in [3.05, 3.63) is 23.8 Å². The van der Waals surface area contributed by atoms with E-state index in [1.165, 1.54) is 0 Å². The van der Waals surface area contributed by atoms with Gasteiger partial charge in [0.15, 0.2) is 6.10 Å². The number of carbonyl (C=O) groups is 3. The number of fused-ring (bicyclic) bond motifs is 3. The number of hydrogen-bond acceptors (Lipinski definition) is 5. The number of amides is 2. The van der Waals surface area contributed by atoms with Crippen molar-refractivity contribution in [3.8, 4) is 0 Å². The van der Waals surface area contributed by atoms with Crippen LogP contribution in [0.4, 0.5) is 11.4 Å². The Balaban J connectivity index is 1.47. The van der Waals surface area contributed by atoms with Gasteiger partial charge in [-0.3, -0.25) is 9.59 Å². The lowest BCUT2D eigenvalue weighted by atomic mass is 10.1. The molecule has 2 atom stereocenters. The molecule has 2 heterocycles. The number of carbonyl (C=O) groups excluding carboxylic acids is 3. The second kappa shape index (κ2) is 6.06. The third kappa shape index (κ3) is 3.06. The second-order valence-corrected chi connectivity index (χ2v) is 6.90. The molecule has 2 fully saturated rings. The summed E-state index contributed by atoms with van der Waals surface area (Å²) < 4.78 is 5.25. The number of hydrogen-bond donors (Lipinski definition) is 2. The number of rotatable bonds is 4. The lowest BCUT2D eigenvalue weighted by Gasteiger charge is -2.33. The van der Waals surface area contributed by atoms with E-state index >= 15 is 0 Å².